The molecular weight excluding hydrogens is 344 g/mol. The predicted octanol–water partition coefficient (Wildman–Crippen LogP) is 1.68. The van der Waals surface area contributed by atoms with E-state index in [2.05, 4.69) is 29.0 Å². The number of hydrogen-bond donors (Lipinski definition) is 3. The Morgan fingerprint density at radius 2 is 2.11 bits per heavy atom. The molecule has 2 aliphatic heterocycles. The van der Waals surface area contributed by atoms with Crippen molar-refractivity contribution >= 4 is 5.91 Å². The van der Waals surface area contributed by atoms with E-state index in [1.165, 1.54) is 0 Å². The van der Waals surface area contributed by atoms with Gasteiger partial charge in [0.25, 0.3) is 0 Å². The fourth-order valence-electron chi connectivity index (χ4n) is 4.35. The number of piperidine rings is 1. The minimum Gasteiger partial charge on any atom is -0.388 e. The van der Waals surface area contributed by atoms with Crippen LogP contribution in [-0.4, -0.2) is 62.8 Å². The van der Waals surface area contributed by atoms with Crippen LogP contribution in [0.3, 0.4) is 0 Å². The zero-order valence-electron chi connectivity index (χ0n) is 17.1. The summed E-state index contributed by atoms with van der Waals surface area (Å²) < 4.78 is 6.12. The van der Waals surface area contributed by atoms with Crippen LogP contribution in [0.25, 0.3) is 0 Å². The lowest BCUT2D eigenvalue weighted by Crippen LogP contribution is -2.65. The third-order valence-corrected chi connectivity index (χ3v) is 6.23. The van der Waals surface area contributed by atoms with E-state index in [9.17, 15) is 9.90 Å². The van der Waals surface area contributed by atoms with Crippen LogP contribution in [-0.2, 0) is 22.5 Å². The largest absolute Gasteiger partial charge is 0.388 e. The highest BCUT2D eigenvalue weighted by Gasteiger charge is 2.50. The number of carbonyl (C=O) groups excluding carboxylic acids is 1. The zero-order valence-corrected chi connectivity index (χ0v) is 17.1. The summed E-state index contributed by atoms with van der Waals surface area (Å²) in [5.41, 5.74) is 1.39. The molecule has 2 saturated heterocycles. The number of imidazole rings is 1. The average molecular weight is 379 g/mol. The van der Waals surface area contributed by atoms with Crippen molar-refractivity contribution in [3.63, 3.8) is 0 Å². The highest BCUT2D eigenvalue weighted by Crippen LogP contribution is 2.40. The van der Waals surface area contributed by atoms with Crippen LogP contribution in [0, 0.1) is 6.92 Å². The predicted molar refractivity (Wildman–Crippen MR) is 103 cm³/mol. The van der Waals surface area contributed by atoms with E-state index >= 15 is 0 Å². The Morgan fingerprint density at radius 3 is 2.70 bits per heavy atom. The molecule has 1 aromatic rings. The third-order valence-electron chi connectivity index (χ3n) is 6.23. The van der Waals surface area contributed by atoms with Crippen LogP contribution < -0.4 is 5.32 Å². The van der Waals surface area contributed by atoms with Gasteiger partial charge in [0.15, 0.2) is 0 Å². The highest BCUT2D eigenvalue weighted by atomic mass is 16.5. The lowest BCUT2D eigenvalue weighted by molar-refractivity contribution is -0.181. The molecule has 1 amide bonds. The standard InChI is InChI=1S/C20H34N4O3/c1-5-17-21-14(3)15(22-17)11-24-9-7-20(8-10-24)13-19(4,16(25)12-27-20)23-18(26)6-2/h16,25H,5-13H2,1-4H3,(H,21,22)(H,23,26)/t16-,19-/m0/s1. The van der Waals surface area contributed by atoms with Gasteiger partial charge in [0.05, 0.1) is 23.4 Å². The number of hydrogen-bond acceptors (Lipinski definition) is 5. The molecule has 3 N–H and O–H groups in total. The monoisotopic (exact) mass is 378 g/mol. The topological polar surface area (TPSA) is 90.5 Å². The lowest BCUT2D eigenvalue weighted by atomic mass is 9.74. The van der Waals surface area contributed by atoms with Gasteiger partial charge >= 0.3 is 0 Å². The fourth-order valence-corrected chi connectivity index (χ4v) is 4.35. The summed E-state index contributed by atoms with van der Waals surface area (Å²) in [6.07, 6.45) is 3.13. The summed E-state index contributed by atoms with van der Waals surface area (Å²) in [6, 6.07) is 0. The van der Waals surface area contributed by atoms with Gasteiger partial charge in [-0.15, -0.1) is 0 Å². The quantitative estimate of drug-likeness (QED) is 0.725. The first-order chi connectivity index (χ1) is 12.8. The van der Waals surface area contributed by atoms with Crippen LogP contribution >= 0.6 is 0 Å². The van der Waals surface area contributed by atoms with Crippen LogP contribution in [0.2, 0.25) is 0 Å². The van der Waals surface area contributed by atoms with Crippen molar-refractivity contribution in [1.29, 1.82) is 0 Å². The average Bonchev–Trinajstić information content (AvgIpc) is 3.00. The van der Waals surface area contributed by atoms with E-state index in [0.717, 1.165) is 56.1 Å². The molecule has 0 unspecified atom stereocenters. The molecule has 0 aliphatic carbocycles. The van der Waals surface area contributed by atoms with Gasteiger partial charge in [-0.05, 0) is 26.7 Å². The molecule has 2 fully saturated rings. The van der Waals surface area contributed by atoms with Gasteiger partial charge in [-0.25, -0.2) is 4.98 Å². The van der Waals surface area contributed by atoms with Crippen LogP contribution in [0.15, 0.2) is 0 Å². The zero-order chi connectivity index (χ0) is 19.7. The number of aromatic nitrogens is 2. The minimum atomic E-state index is -0.671. The second-order valence-corrected chi connectivity index (χ2v) is 8.39. The number of carbonyl (C=O) groups is 1. The number of rotatable bonds is 5. The van der Waals surface area contributed by atoms with Crippen molar-refractivity contribution in [1.82, 2.24) is 20.2 Å². The maximum Gasteiger partial charge on any atom is 0.220 e. The van der Waals surface area contributed by atoms with E-state index in [-0.39, 0.29) is 18.1 Å². The first-order valence-corrected chi connectivity index (χ1v) is 10.2. The summed E-state index contributed by atoms with van der Waals surface area (Å²) in [5.74, 6) is 1.02. The number of aliphatic hydroxyl groups excluding tert-OH is 1. The molecule has 0 saturated carbocycles. The van der Waals surface area contributed by atoms with E-state index in [1.54, 1.807) is 0 Å². The van der Waals surface area contributed by atoms with Crippen LogP contribution in [0.4, 0.5) is 0 Å². The number of likely N-dealkylation sites (tertiary alicyclic amines) is 1. The second-order valence-electron chi connectivity index (χ2n) is 8.39. The van der Waals surface area contributed by atoms with Crippen molar-refractivity contribution in [2.24, 2.45) is 0 Å². The lowest BCUT2D eigenvalue weighted by Gasteiger charge is -2.52. The molecule has 0 aromatic carbocycles. The molecule has 0 radical (unpaired) electrons. The maximum atomic E-state index is 11.9. The Morgan fingerprint density at radius 1 is 1.41 bits per heavy atom. The number of aromatic amines is 1. The second kappa shape index (κ2) is 7.89. The summed E-state index contributed by atoms with van der Waals surface area (Å²) in [7, 11) is 0. The van der Waals surface area contributed by atoms with Crippen molar-refractivity contribution in [3.8, 4) is 0 Å². The number of ether oxygens (including phenoxy) is 1. The van der Waals surface area contributed by atoms with Gasteiger partial charge in [-0.3, -0.25) is 9.69 Å². The molecule has 1 spiro atoms. The van der Waals surface area contributed by atoms with Crippen molar-refractivity contribution in [2.75, 3.05) is 19.7 Å². The Balaban J connectivity index is 1.61. The van der Waals surface area contributed by atoms with E-state index in [0.29, 0.717) is 12.8 Å². The molecular formula is C20H34N4O3. The normalized spacial score (nSPS) is 28.4. The Labute approximate surface area is 161 Å². The van der Waals surface area contributed by atoms with Gasteiger partial charge in [0.1, 0.15) is 11.9 Å². The van der Waals surface area contributed by atoms with Gasteiger partial charge in [-0.2, -0.15) is 0 Å². The minimum absolute atomic E-state index is 0.0215. The summed E-state index contributed by atoms with van der Waals surface area (Å²) in [6.45, 7) is 11.0. The Hall–Kier alpha value is -1.44. The van der Waals surface area contributed by atoms with Gasteiger partial charge in [0.2, 0.25) is 5.91 Å². The number of H-pyrrole nitrogens is 1. The molecule has 3 heterocycles. The summed E-state index contributed by atoms with van der Waals surface area (Å²) in [4.78, 5) is 22.4. The number of aryl methyl sites for hydroxylation is 2. The van der Waals surface area contributed by atoms with E-state index < -0.39 is 11.6 Å². The molecule has 1 aromatic heterocycles. The smallest absolute Gasteiger partial charge is 0.220 e. The fraction of sp³-hybridized carbons (Fsp3) is 0.800. The molecule has 0 bridgehead atoms. The maximum absolute atomic E-state index is 11.9. The molecule has 7 nitrogen and oxygen atoms in total. The van der Waals surface area contributed by atoms with Gasteiger partial charge in [0, 0.05) is 44.6 Å². The molecule has 152 valence electrons. The first-order valence-electron chi connectivity index (χ1n) is 10.2. The molecule has 7 heteroatoms. The van der Waals surface area contributed by atoms with E-state index in [1.807, 2.05) is 13.8 Å². The Kier molecular flexibility index (Phi) is 5.93. The van der Waals surface area contributed by atoms with Crippen molar-refractivity contribution in [2.45, 2.75) is 83.6 Å². The Bertz CT molecular complexity index is 666. The number of amides is 1. The van der Waals surface area contributed by atoms with Crippen molar-refractivity contribution < 1.29 is 14.6 Å². The first kappa shape index (κ1) is 20.3. The van der Waals surface area contributed by atoms with Crippen LogP contribution in [0.1, 0.15) is 63.7 Å². The van der Waals surface area contributed by atoms with E-state index in [4.69, 9.17) is 9.72 Å². The van der Waals surface area contributed by atoms with Gasteiger partial charge in [-0.1, -0.05) is 13.8 Å². The summed E-state index contributed by atoms with van der Waals surface area (Å²) in [5, 5.41) is 13.5. The van der Waals surface area contributed by atoms with Crippen LogP contribution in [0.5, 0.6) is 0 Å². The van der Waals surface area contributed by atoms with Crippen molar-refractivity contribution in [3.05, 3.63) is 17.2 Å². The van der Waals surface area contributed by atoms with Gasteiger partial charge < -0.3 is 20.1 Å². The molecule has 3 rings (SSSR count). The number of nitrogens with one attached hydrogen (secondary N) is 2. The third kappa shape index (κ3) is 4.36. The molecule has 2 atom stereocenters. The molecule has 27 heavy (non-hydrogen) atoms. The summed E-state index contributed by atoms with van der Waals surface area (Å²) >= 11 is 0. The molecule has 2 aliphatic rings. The highest BCUT2D eigenvalue weighted by molar-refractivity contribution is 5.76. The number of nitrogens with zero attached hydrogens (tertiary/aromatic N) is 2. The number of aliphatic hydroxyl groups is 1. The SMILES string of the molecule is CCC(=O)N[C@@]1(C)CC2(CCN(Cc3nc(CC)[nH]c3C)CC2)OC[C@@H]1O.